The van der Waals surface area contributed by atoms with E-state index in [-0.39, 0.29) is 24.5 Å². The van der Waals surface area contributed by atoms with E-state index in [1.165, 1.54) is 0 Å². The summed E-state index contributed by atoms with van der Waals surface area (Å²) < 4.78 is 37.7. The van der Waals surface area contributed by atoms with Gasteiger partial charge in [-0.05, 0) is 36.8 Å². The van der Waals surface area contributed by atoms with Crippen LogP contribution in [0.2, 0.25) is 0 Å². The van der Waals surface area contributed by atoms with Crippen molar-refractivity contribution < 1.29 is 22.7 Å². The number of benzene rings is 2. The van der Waals surface area contributed by atoms with E-state index < -0.39 is 16.1 Å². The van der Waals surface area contributed by atoms with E-state index in [2.05, 4.69) is 20.3 Å². The first-order valence-electron chi connectivity index (χ1n) is 10.2. The van der Waals surface area contributed by atoms with E-state index in [1.807, 2.05) is 19.1 Å². The van der Waals surface area contributed by atoms with Gasteiger partial charge in [0.2, 0.25) is 15.9 Å². The molecule has 2 amide bonds. The molecule has 0 fully saturated rings. The minimum atomic E-state index is -3.61. The van der Waals surface area contributed by atoms with Gasteiger partial charge in [-0.25, -0.2) is 22.9 Å². The number of hydrogen-bond donors (Lipinski definition) is 3. The summed E-state index contributed by atoms with van der Waals surface area (Å²) in [4.78, 5) is 16.4. The molecule has 0 aliphatic heterocycles. The second kappa shape index (κ2) is 11.3. The highest BCUT2D eigenvalue weighted by molar-refractivity contribution is 7.89. The Bertz CT molecular complexity index is 1170. The van der Waals surface area contributed by atoms with Gasteiger partial charge >= 0.3 is 6.03 Å². The Hall–Kier alpha value is -3.63. The molecule has 3 N–H and O–H groups in total. The van der Waals surface area contributed by atoms with Crippen molar-refractivity contribution >= 4 is 16.1 Å². The van der Waals surface area contributed by atoms with Crippen molar-refractivity contribution in [3.63, 3.8) is 0 Å². The first kappa shape index (κ1) is 24.0. The fourth-order valence-corrected chi connectivity index (χ4v) is 3.80. The van der Waals surface area contributed by atoms with Crippen LogP contribution in [0, 0.1) is 6.92 Å². The number of carbonyl (C=O) groups is 1. The van der Waals surface area contributed by atoms with Crippen LogP contribution in [-0.2, 0) is 16.6 Å². The molecule has 2 aromatic carbocycles. The van der Waals surface area contributed by atoms with Crippen molar-refractivity contribution in [1.29, 1.82) is 0 Å². The highest BCUT2D eigenvalue weighted by Crippen LogP contribution is 2.23. The van der Waals surface area contributed by atoms with Crippen LogP contribution in [0.5, 0.6) is 17.4 Å². The van der Waals surface area contributed by atoms with Gasteiger partial charge < -0.3 is 20.1 Å². The number of methoxy groups -OCH3 is 1. The number of hydrogen-bond acceptors (Lipinski definition) is 6. The van der Waals surface area contributed by atoms with Gasteiger partial charge in [0.1, 0.15) is 11.5 Å². The Morgan fingerprint density at radius 3 is 2.42 bits per heavy atom. The van der Waals surface area contributed by atoms with E-state index in [1.54, 1.807) is 61.8 Å². The lowest BCUT2D eigenvalue weighted by molar-refractivity contribution is 0.240. The summed E-state index contributed by atoms with van der Waals surface area (Å²) >= 11 is 0. The Labute approximate surface area is 193 Å². The van der Waals surface area contributed by atoms with Crippen molar-refractivity contribution in [2.75, 3.05) is 20.2 Å². The number of ether oxygens (including phenoxy) is 2. The van der Waals surface area contributed by atoms with Gasteiger partial charge in [-0.2, -0.15) is 0 Å². The number of aryl methyl sites for hydroxylation is 1. The van der Waals surface area contributed by atoms with E-state index in [0.717, 1.165) is 11.1 Å². The fraction of sp³-hybridized carbons (Fsp3) is 0.217. The van der Waals surface area contributed by atoms with Crippen molar-refractivity contribution in [3.8, 4) is 17.4 Å². The van der Waals surface area contributed by atoms with E-state index in [0.29, 0.717) is 17.4 Å². The summed E-state index contributed by atoms with van der Waals surface area (Å²) in [5.74, 6) is 1.70. The average molecular weight is 471 g/mol. The summed E-state index contributed by atoms with van der Waals surface area (Å²) in [5.41, 5.74) is 1.75. The largest absolute Gasteiger partial charge is 0.497 e. The van der Waals surface area contributed by atoms with Crippen LogP contribution in [0.1, 0.15) is 11.1 Å². The van der Waals surface area contributed by atoms with Crippen molar-refractivity contribution in [1.82, 2.24) is 20.3 Å². The maximum absolute atomic E-state index is 12.2. The summed E-state index contributed by atoms with van der Waals surface area (Å²) in [6.45, 7) is 2.35. The molecule has 0 radical (unpaired) electrons. The topological polar surface area (TPSA) is 119 Å². The molecule has 0 saturated carbocycles. The molecule has 33 heavy (non-hydrogen) atoms. The number of rotatable bonds is 10. The number of pyridine rings is 1. The van der Waals surface area contributed by atoms with Crippen LogP contribution in [0.3, 0.4) is 0 Å². The summed E-state index contributed by atoms with van der Waals surface area (Å²) in [5, 5.41) is 5.30. The molecule has 3 aromatic rings. The summed E-state index contributed by atoms with van der Waals surface area (Å²) in [6, 6.07) is 16.8. The van der Waals surface area contributed by atoms with Gasteiger partial charge in [-0.3, -0.25) is 0 Å². The Balaban J connectivity index is 1.38. The third-order valence-electron chi connectivity index (χ3n) is 4.55. The van der Waals surface area contributed by atoms with E-state index in [9.17, 15) is 13.2 Å². The molecule has 9 nitrogen and oxygen atoms in total. The molecule has 0 unspecified atom stereocenters. The highest BCUT2D eigenvalue weighted by Gasteiger charge is 2.12. The van der Waals surface area contributed by atoms with Crippen LogP contribution >= 0.6 is 0 Å². The van der Waals surface area contributed by atoms with Crippen molar-refractivity contribution in [3.05, 3.63) is 78.0 Å². The minimum Gasteiger partial charge on any atom is -0.497 e. The van der Waals surface area contributed by atoms with Gasteiger partial charge in [0.05, 0.1) is 12.0 Å². The number of carbonyl (C=O) groups excluding carboxylic acids is 1. The first-order chi connectivity index (χ1) is 15.9. The lowest BCUT2D eigenvalue weighted by atomic mass is 10.2. The van der Waals surface area contributed by atoms with Gasteiger partial charge in [-0.1, -0.05) is 29.8 Å². The quantitative estimate of drug-likeness (QED) is 0.392. The third kappa shape index (κ3) is 7.48. The van der Waals surface area contributed by atoms with Crippen LogP contribution in [0.25, 0.3) is 0 Å². The number of sulfonamides is 1. The molecule has 0 spiro atoms. The molecule has 0 aliphatic carbocycles. The van der Waals surface area contributed by atoms with Crippen LogP contribution in [0.15, 0.2) is 71.8 Å². The number of amides is 2. The Kier molecular flexibility index (Phi) is 8.22. The standard InChI is InChI=1S/C23H26N4O5S/c1-17-6-9-21(10-7-17)33(29,30)27-13-12-24-23(28)26-16-18-8-11-22(25-15-18)32-20-5-3-4-19(14-20)31-2/h3-11,14-15,27H,12-13,16H2,1-2H3,(H2,24,26,28). The molecule has 0 aliphatic rings. The normalized spacial score (nSPS) is 11.0. The molecular weight excluding hydrogens is 444 g/mol. The lowest BCUT2D eigenvalue weighted by Gasteiger charge is -2.10. The maximum Gasteiger partial charge on any atom is 0.315 e. The van der Waals surface area contributed by atoms with Gasteiger partial charge in [0.25, 0.3) is 0 Å². The third-order valence-corrected chi connectivity index (χ3v) is 6.03. The molecule has 0 saturated heterocycles. The molecule has 1 aromatic heterocycles. The monoisotopic (exact) mass is 470 g/mol. The van der Waals surface area contributed by atoms with E-state index >= 15 is 0 Å². The van der Waals surface area contributed by atoms with Gasteiger partial charge in [-0.15, -0.1) is 0 Å². The summed E-state index contributed by atoms with van der Waals surface area (Å²) in [6.07, 6.45) is 1.60. The molecule has 174 valence electrons. The van der Waals surface area contributed by atoms with Gasteiger partial charge in [0, 0.05) is 38.0 Å². The zero-order chi connectivity index (χ0) is 23.7. The first-order valence-corrected chi connectivity index (χ1v) is 11.7. The number of nitrogens with zero attached hydrogens (tertiary/aromatic N) is 1. The van der Waals surface area contributed by atoms with E-state index in [4.69, 9.17) is 9.47 Å². The van der Waals surface area contributed by atoms with Gasteiger partial charge in [0.15, 0.2) is 0 Å². The van der Waals surface area contributed by atoms with Crippen molar-refractivity contribution in [2.24, 2.45) is 0 Å². The SMILES string of the molecule is COc1cccc(Oc2ccc(CNC(=O)NCCNS(=O)(=O)c3ccc(C)cc3)cn2)c1. The van der Waals surface area contributed by atoms with Crippen LogP contribution < -0.4 is 24.8 Å². The fourth-order valence-electron chi connectivity index (χ4n) is 2.77. The molecule has 10 heteroatoms. The predicted octanol–water partition coefficient (Wildman–Crippen LogP) is 2.97. The molecule has 1 heterocycles. The molecular formula is C23H26N4O5S. The average Bonchev–Trinajstić information content (AvgIpc) is 2.82. The zero-order valence-corrected chi connectivity index (χ0v) is 19.2. The molecule has 0 bridgehead atoms. The predicted molar refractivity (Wildman–Crippen MR) is 124 cm³/mol. The second-order valence-corrected chi connectivity index (χ2v) is 8.87. The van der Waals surface area contributed by atoms with Crippen LogP contribution in [-0.4, -0.2) is 39.6 Å². The zero-order valence-electron chi connectivity index (χ0n) is 18.4. The molecule has 0 atom stereocenters. The Morgan fingerprint density at radius 1 is 0.970 bits per heavy atom. The minimum absolute atomic E-state index is 0.0709. The highest BCUT2D eigenvalue weighted by atomic mass is 32.2. The van der Waals surface area contributed by atoms with Crippen molar-refractivity contribution in [2.45, 2.75) is 18.4 Å². The number of aromatic nitrogens is 1. The smallest absolute Gasteiger partial charge is 0.315 e. The summed E-state index contributed by atoms with van der Waals surface area (Å²) in [7, 11) is -2.03. The molecule has 3 rings (SSSR count). The lowest BCUT2D eigenvalue weighted by Crippen LogP contribution is -2.40. The van der Waals surface area contributed by atoms with Crippen LogP contribution in [0.4, 0.5) is 4.79 Å². The second-order valence-electron chi connectivity index (χ2n) is 7.11. The Morgan fingerprint density at radius 2 is 1.73 bits per heavy atom. The number of nitrogens with one attached hydrogen (secondary N) is 3. The number of urea groups is 1. The maximum atomic E-state index is 12.2.